The average Bonchev–Trinajstić information content (AvgIpc) is 2.27. The van der Waals surface area contributed by atoms with Gasteiger partial charge in [-0.25, -0.2) is 0 Å². The van der Waals surface area contributed by atoms with Crippen molar-refractivity contribution in [3.63, 3.8) is 0 Å². The second-order valence-electron chi connectivity index (χ2n) is 4.72. The minimum Gasteiger partial charge on any atom is -0.324 e. The van der Waals surface area contributed by atoms with Gasteiger partial charge >= 0.3 is 0 Å². The molecule has 0 spiro atoms. The van der Waals surface area contributed by atoms with Crippen LogP contribution in [0.3, 0.4) is 0 Å². The average molecular weight is 230 g/mol. The fourth-order valence-corrected chi connectivity index (χ4v) is 2.15. The van der Waals surface area contributed by atoms with Crippen molar-refractivity contribution in [1.29, 1.82) is 0 Å². The van der Waals surface area contributed by atoms with E-state index in [1.807, 2.05) is 55.7 Å². The minimum atomic E-state index is -0.239. The fraction of sp³-hybridized carbons (Fsp3) is 0.357. The van der Waals surface area contributed by atoms with Gasteiger partial charge in [-0.2, -0.15) is 0 Å². The monoisotopic (exact) mass is 230 g/mol. The zero-order chi connectivity index (χ0) is 12.6. The van der Waals surface area contributed by atoms with Crippen molar-refractivity contribution in [2.24, 2.45) is 5.73 Å². The first-order valence-electron chi connectivity index (χ1n) is 5.92. The molecular formula is C14H18N2O. The molecule has 0 bridgehead atoms. The Bertz CT molecular complexity index is 597. The molecule has 0 saturated carbocycles. The summed E-state index contributed by atoms with van der Waals surface area (Å²) in [5, 5.41) is 1.06. The highest BCUT2D eigenvalue weighted by molar-refractivity contribution is 5.79. The largest absolute Gasteiger partial charge is 0.324 e. The third-order valence-electron chi connectivity index (χ3n) is 2.98. The number of pyridine rings is 1. The zero-order valence-corrected chi connectivity index (χ0v) is 10.5. The molecule has 1 atom stereocenters. The van der Waals surface area contributed by atoms with Crippen molar-refractivity contribution < 1.29 is 0 Å². The summed E-state index contributed by atoms with van der Waals surface area (Å²) in [7, 11) is 0. The van der Waals surface area contributed by atoms with E-state index in [1.165, 1.54) is 0 Å². The van der Waals surface area contributed by atoms with Crippen LogP contribution in [0.15, 0.2) is 35.1 Å². The molecule has 1 aromatic heterocycles. The number of nitrogens with zero attached hydrogens (tertiary/aromatic N) is 1. The Morgan fingerprint density at radius 3 is 2.41 bits per heavy atom. The van der Waals surface area contributed by atoms with Crippen LogP contribution in [0, 0.1) is 0 Å². The maximum absolute atomic E-state index is 12.3. The molecule has 90 valence electrons. The van der Waals surface area contributed by atoms with Gasteiger partial charge in [0.1, 0.15) is 0 Å². The Morgan fingerprint density at radius 1 is 1.18 bits per heavy atom. The maximum Gasteiger partial charge on any atom is 0.256 e. The molecule has 2 N–H and O–H groups in total. The minimum absolute atomic E-state index is 0.0219. The van der Waals surface area contributed by atoms with Gasteiger partial charge in [-0.15, -0.1) is 0 Å². The Hall–Kier alpha value is -1.61. The van der Waals surface area contributed by atoms with Crippen LogP contribution in [0.4, 0.5) is 0 Å². The summed E-state index contributed by atoms with van der Waals surface area (Å²) in [5.74, 6) is 0. The number of aromatic nitrogens is 1. The first-order chi connectivity index (χ1) is 8.02. The normalized spacial score (nSPS) is 13.2. The van der Waals surface area contributed by atoms with Crippen LogP contribution >= 0.6 is 0 Å². The molecule has 0 aliphatic heterocycles. The predicted molar refractivity (Wildman–Crippen MR) is 71.2 cm³/mol. The fourth-order valence-electron chi connectivity index (χ4n) is 2.15. The molecule has 0 amide bonds. The second kappa shape index (κ2) is 4.34. The van der Waals surface area contributed by atoms with E-state index in [0.717, 1.165) is 10.9 Å². The Kier molecular flexibility index (Phi) is 3.03. The Labute approximate surface area is 101 Å². The first kappa shape index (κ1) is 11.9. The van der Waals surface area contributed by atoms with Gasteiger partial charge < -0.3 is 10.3 Å². The number of fused-ring (bicyclic) bond motifs is 1. The van der Waals surface area contributed by atoms with Crippen LogP contribution in [0.1, 0.15) is 38.4 Å². The van der Waals surface area contributed by atoms with Crippen LogP contribution in [0.25, 0.3) is 10.9 Å². The van der Waals surface area contributed by atoms with Gasteiger partial charge in [-0.1, -0.05) is 18.2 Å². The molecule has 3 nitrogen and oxygen atoms in total. The Morgan fingerprint density at radius 2 is 1.82 bits per heavy atom. The van der Waals surface area contributed by atoms with Crippen molar-refractivity contribution in [3.05, 3.63) is 46.2 Å². The lowest BCUT2D eigenvalue weighted by Crippen LogP contribution is -2.28. The summed E-state index contributed by atoms with van der Waals surface area (Å²) >= 11 is 0. The molecule has 2 rings (SSSR count). The van der Waals surface area contributed by atoms with Crippen molar-refractivity contribution in [3.8, 4) is 0 Å². The predicted octanol–water partition coefficient (Wildman–Crippen LogP) is 2.60. The number of hydrogen-bond donors (Lipinski definition) is 1. The second-order valence-corrected chi connectivity index (χ2v) is 4.72. The molecule has 0 fully saturated rings. The summed E-state index contributed by atoms with van der Waals surface area (Å²) in [6.45, 7) is 5.87. The maximum atomic E-state index is 12.3. The molecule has 1 unspecified atom stereocenters. The van der Waals surface area contributed by atoms with E-state index >= 15 is 0 Å². The standard InChI is InChI=1S/C14H18N2O/c1-9(2)16-13-7-5-4-6-11(13)8-12(10(3)15)14(16)17/h4-10H,15H2,1-3H3. The van der Waals surface area contributed by atoms with Crippen LogP contribution in [0.5, 0.6) is 0 Å². The summed E-state index contributed by atoms with van der Waals surface area (Å²) in [4.78, 5) is 12.3. The van der Waals surface area contributed by atoms with E-state index < -0.39 is 0 Å². The smallest absolute Gasteiger partial charge is 0.256 e. The molecule has 0 aliphatic carbocycles. The molecule has 0 aliphatic rings. The summed E-state index contributed by atoms with van der Waals surface area (Å²) in [6, 6.07) is 9.71. The van der Waals surface area contributed by atoms with Crippen LogP contribution in [-0.2, 0) is 0 Å². The van der Waals surface area contributed by atoms with Gasteiger partial charge in [0, 0.05) is 17.6 Å². The van der Waals surface area contributed by atoms with Gasteiger partial charge in [0.25, 0.3) is 5.56 Å². The summed E-state index contributed by atoms with van der Waals surface area (Å²) < 4.78 is 1.81. The molecule has 17 heavy (non-hydrogen) atoms. The number of para-hydroxylation sites is 1. The quantitative estimate of drug-likeness (QED) is 0.862. The number of nitrogens with two attached hydrogens (primary N) is 1. The SMILES string of the molecule is CC(N)c1cc2ccccc2n(C(C)C)c1=O. The van der Waals surface area contributed by atoms with Gasteiger partial charge in [-0.05, 0) is 38.3 Å². The number of benzene rings is 1. The number of rotatable bonds is 2. The lowest BCUT2D eigenvalue weighted by molar-refractivity contribution is 0.590. The number of hydrogen-bond acceptors (Lipinski definition) is 2. The molecule has 1 heterocycles. The van der Waals surface area contributed by atoms with Crippen molar-refractivity contribution in [2.45, 2.75) is 32.9 Å². The van der Waals surface area contributed by atoms with E-state index in [4.69, 9.17) is 5.73 Å². The Balaban J connectivity index is 2.91. The van der Waals surface area contributed by atoms with Crippen LogP contribution in [0.2, 0.25) is 0 Å². The highest BCUT2D eigenvalue weighted by Gasteiger charge is 2.13. The first-order valence-corrected chi connectivity index (χ1v) is 5.92. The summed E-state index contributed by atoms with van der Waals surface area (Å²) in [5.41, 5.74) is 7.53. The van der Waals surface area contributed by atoms with Crippen molar-refractivity contribution in [2.75, 3.05) is 0 Å². The highest BCUT2D eigenvalue weighted by atomic mass is 16.1. The molecular weight excluding hydrogens is 212 g/mol. The molecule has 0 radical (unpaired) electrons. The highest BCUT2D eigenvalue weighted by Crippen LogP contribution is 2.18. The molecule has 3 heteroatoms. The lowest BCUT2D eigenvalue weighted by Gasteiger charge is -2.17. The topological polar surface area (TPSA) is 48.0 Å². The molecule has 0 saturated heterocycles. The van der Waals surface area contributed by atoms with Gasteiger partial charge in [0.15, 0.2) is 0 Å². The third-order valence-corrected chi connectivity index (χ3v) is 2.98. The lowest BCUT2D eigenvalue weighted by atomic mass is 10.1. The zero-order valence-electron chi connectivity index (χ0n) is 10.5. The van der Waals surface area contributed by atoms with Crippen molar-refractivity contribution in [1.82, 2.24) is 4.57 Å². The van der Waals surface area contributed by atoms with Gasteiger partial charge in [0.2, 0.25) is 0 Å². The van der Waals surface area contributed by atoms with Gasteiger partial charge in [-0.3, -0.25) is 4.79 Å². The molecule has 1 aromatic carbocycles. The van der Waals surface area contributed by atoms with Gasteiger partial charge in [0.05, 0.1) is 5.52 Å². The van der Waals surface area contributed by atoms with E-state index in [9.17, 15) is 4.79 Å². The molecule has 2 aromatic rings. The van der Waals surface area contributed by atoms with Crippen LogP contribution in [-0.4, -0.2) is 4.57 Å². The third kappa shape index (κ3) is 1.98. The van der Waals surface area contributed by atoms with Crippen LogP contribution < -0.4 is 11.3 Å². The van der Waals surface area contributed by atoms with E-state index in [1.54, 1.807) is 0 Å². The van der Waals surface area contributed by atoms with Crippen molar-refractivity contribution >= 4 is 10.9 Å². The van der Waals surface area contributed by atoms with E-state index in [0.29, 0.717) is 5.56 Å². The van der Waals surface area contributed by atoms with E-state index in [-0.39, 0.29) is 17.6 Å². The van der Waals surface area contributed by atoms with E-state index in [2.05, 4.69) is 0 Å². The summed E-state index contributed by atoms with van der Waals surface area (Å²) in [6.07, 6.45) is 0.